The van der Waals surface area contributed by atoms with Gasteiger partial charge in [0, 0.05) is 18.2 Å². The van der Waals surface area contributed by atoms with Crippen molar-refractivity contribution >= 4 is 5.69 Å². The molecule has 0 saturated heterocycles. The van der Waals surface area contributed by atoms with Gasteiger partial charge in [0.25, 0.3) is 5.69 Å². The zero-order valence-electron chi connectivity index (χ0n) is 9.68. The van der Waals surface area contributed by atoms with Crippen LogP contribution in [-0.2, 0) is 6.61 Å². The summed E-state index contributed by atoms with van der Waals surface area (Å²) in [5, 5.41) is 10.6. The molecule has 0 unspecified atom stereocenters. The van der Waals surface area contributed by atoms with E-state index in [1.807, 2.05) is 0 Å². The van der Waals surface area contributed by atoms with Crippen molar-refractivity contribution in [2.75, 3.05) is 0 Å². The second-order valence-electron chi connectivity index (χ2n) is 3.79. The Kier molecular flexibility index (Phi) is 3.70. The summed E-state index contributed by atoms with van der Waals surface area (Å²) in [7, 11) is 0. The Hall–Kier alpha value is -2.50. The fourth-order valence-corrected chi connectivity index (χ4v) is 1.49. The Labute approximate surface area is 107 Å². The van der Waals surface area contributed by atoms with Crippen LogP contribution in [0.25, 0.3) is 0 Å². The number of nitro groups is 1. The monoisotopic (exact) mass is 265 g/mol. The van der Waals surface area contributed by atoms with Crippen LogP contribution in [0.2, 0.25) is 0 Å². The van der Waals surface area contributed by atoms with E-state index in [0.29, 0.717) is 5.56 Å². The number of rotatable bonds is 4. The average Bonchev–Trinajstić information content (AvgIpc) is 2.40. The van der Waals surface area contributed by atoms with E-state index in [2.05, 4.69) is 0 Å². The van der Waals surface area contributed by atoms with Crippen molar-refractivity contribution in [3.63, 3.8) is 0 Å². The molecular weight excluding hydrogens is 256 g/mol. The number of hydrogen-bond acceptors (Lipinski definition) is 3. The highest BCUT2D eigenvalue weighted by molar-refractivity contribution is 5.34. The van der Waals surface area contributed by atoms with Gasteiger partial charge in [0.05, 0.1) is 4.92 Å². The molecule has 2 aromatic rings. The number of nitrogens with zero attached hydrogens (tertiary/aromatic N) is 1. The summed E-state index contributed by atoms with van der Waals surface area (Å²) < 4.78 is 30.9. The molecule has 2 rings (SSSR count). The first-order chi connectivity index (χ1) is 9.06. The van der Waals surface area contributed by atoms with Crippen LogP contribution in [0.15, 0.2) is 42.5 Å². The number of ether oxygens (including phenoxy) is 1. The molecule has 0 spiro atoms. The quantitative estimate of drug-likeness (QED) is 0.628. The van der Waals surface area contributed by atoms with Crippen molar-refractivity contribution in [2.24, 2.45) is 0 Å². The largest absolute Gasteiger partial charge is 0.489 e. The minimum Gasteiger partial charge on any atom is -0.489 e. The predicted octanol–water partition coefficient (Wildman–Crippen LogP) is 3.45. The van der Waals surface area contributed by atoms with Crippen LogP contribution < -0.4 is 4.74 Å². The van der Waals surface area contributed by atoms with Crippen molar-refractivity contribution in [3.05, 3.63) is 69.8 Å². The van der Waals surface area contributed by atoms with Gasteiger partial charge in [-0.3, -0.25) is 10.1 Å². The van der Waals surface area contributed by atoms with Gasteiger partial charge in [-0.2, -0.15) is 0 Å². The smallest absolute Gasteiger partial charge is 0.269 e. The second-order valence-corrected chi connectivity index (χ2v) is 3.79. The number of nitro benzene ring substituents is 1. The summed E-state index contributed by atoms with van der Waals surface area (Å²) in [6.45, 7) is 0.0345. The zero-order valence-corrected chi connectivity index (χ0v) is 9.68. The maximum atomic E-state index is 12.9. The van der Waals surface area contributed by atoms with Gasteiger partial charge in [-0.15, -0.1) is 0 Å². The molecule has 19 heavy (non-hydrogen) atoms. The normalized spacial score (nSPS) is 10.2. The molecule has 2 aromatic carbocycles. The summed E-state index contributed by atoms with van der Waals surface area (Å²) in [6.07, 6.45) is 0. The van der Waals surface area contributed by atoms with E-state index in [-0.39, 0.29) is 18.0 Å². The summed E-state index contributed by atoms with van der Waals surface area (Å²) in [6, 6.07) is 9.07. The van der Waals surface area contributed by atoms with Crippen molar-refractivity contribution in [3.8, 4) is 5.75 Å². The van der Waals surface area contributed by atoms with Crippen molar-refractivity contribution in [1.82, 2.24) is 0 Å². The van der Waals surface area contributed by atoms with E-state index in [9.17, 15) is 18.9 Å². The van der Waals surface area contributed by atoms with Crippen LogP contribution in [-0.4, -0.2) is 4.92 Å². The molecule has 0 aliphatic carbocycles. The van der Waals surface area contributed by atoms with Crippen molar-refractivity contribution in [1.29, 1.82) is 0 Å². The SMILES string of the molecule is O=[N+]([O-])c1cccc(COc2ccc(F)c(F)c2)c1. The van der Waals surface area contributed by atoms with E-state index in [4.69, 9.17) is 4.74 Å². The van der Waals surface area contributed by atoms with E-state index in [1.54, 1.807) is 6.07 Å². The van der Waals surface area contributed by atoms with Crippen LogP contribution in [0.4, 0.5) is 14.5 Å². The molecule has 0 aliphatic rings. The van der Waals surface area contributed by atoms with E-state index >= 15 is 0 Å². The maximum Gasteiger partial charge on any atom is 0.269 e. The van der Waals surface area contributed by atoms with Crippen molar-refractivity contribution < 1.29 is 18.4 Å². The lowest BCUT2D eigenvalue weighted by atomic mass is 10.2. The minimum atomic E-state index is -1.00. The first kappa shape index (κ1) is 12.9. The molecule has 0 saturated carbocycles. The third kappa shape index (κ3) is 3.25. The van der Waals surface area contributed by atoms with Gasteiger partial charge in [-0.25, -0.2) is 8.78 Å². The summed E-state index contributed by atoms with van der Waals surface area (Å²) in [5.41, 5.74) is 0.519. The van der Waals surface area contributed by atoms with E-state index < -0.39 is 16.6 Å². The van der Waals surface area contributed by atoms with Crippen LogP contribution in [0.3, 0.4) is 0 Å². The molecule has 0 heterocycles. The van der Waals surface area contributed by atoms with Crippen LogP contribution in [0.5, 0.6) is 5.75 Å². The second kappa shape index (κ2) is 5.43. The lowest BCUT2D eigenvalue weighted by Crippen LogP contribution is -1.97. The molecule has 0 atom stereocenters. The number of non-ortho nitro benzene ring substituents is 1. The minimum absolute atomic E-state index is 0.0345. The zero-order chi connectivity index (χ0) is 13.8. The first-order valence-electron chi connectivity index (χ1n) is 5.37. The highest BCUT2D eigenvalue weighted by Gasteiger charge is 2.07. The molecule has 0 amide bonds. The van der Waals surface area contributed by atoms with Crippen LogP contribution in [0, 0.1) is 21.7 Å². The average molecular weight is 265 g/mol. The highest BCUT2D eigenvalue weighted by atomic mass is 19.2. The third-order valence-corrected chi connectivity index (χ3v) is 2.42. The number of halogens is 2. The molecule has 4 nitrogen and oxygen atoms in total. The molecular formula is C13H9F2NO3. The van der Waals surface area contributed by atoms with Gasteiger partial charge in [0.2, 0.25) is 0 Å². The van der Waals surface area contributed by atoms with Crippen LogP contribution in [0.1, 0.15) is 5.56 Å². The van der Waals surface area contributed by atoms with Crippen LogP contribution >= 0.6 is 0 Å². The van der Waals surface area contributed by atoms with Gasteiger partial charge < -0.3 is 4.74 Å². The van der Waals surface area contributed by atoms with E-state index in [1.165, 1.54) is 24.3 Å². The topological polar surface area (TPSA) is 52.4 Å². The Morgan fingerprint density at radius 1 is 1.11 bits per heavy atom. The van der Waals surface area contributed by atoms with Gasteiger partial charge in [0.1, 0.15) is 12.4 Å². The lowest BCUT2D eigenvalue weighted by Gasteiger charge is -2.06. The van der Waals surface area contributed by atoms with Gasteiger partial charge in [0.15, 0.2) is 11.6 Å². The predicted molar refractivity (Wildman–Crippen MR) is 63.8 cm³/mol. The van der Waals surface area contributed by atoms with E-state index in [0.717, 1.165) is 12.1 Å². The van der Waals surface area contributed by atoms with Gasteiger partial charge >= 0.3 is 0 Å². The van der Waals surface area contributed by atoms with Gasteiger partial charge in [-0.05, 0) is 17.7 Å². The summed E-state index contributed by atoms with van der Waals surface area (Å²) in [4.78, 5) is 10.1. The Morgan fingerprint density at radius 2 is 1.89 bits per heavy atom. The third-order valence-electron chi connectivity index (χ3n) is 2.42. The standard InChI is InChI=1S/C13H9F2NO3/c14-12-5-4-11(7-13(12)15)19-8-9-2-1-3-10(6-9)16(17)18/h1-7H,8H2. The first-order valence-corrected chi connectivity index (χ1v) is 5.37. The maximum absolute atomic E-state index is 12.9. The summed E-state index contributed by atoms with van der Waals surface area (Å²) in [5.74, 6) is -1.80. The number of benzene rings is 2. The Bertz CT molecular complexity index is 617. The molecule has 0 aromatic heterocycles. The fraction of sp³-hybridized carbons (Fsp3) is 0.0769. The fourth-order valence-electron chi connectivity index (χ4n) is 1.49. The highest BCUT2D eigenvalue weighted by Crippen LogP contribution is 2.18. The molecule has 0 N–H and O–H groups in total. The Morgan fingerprint density at radius 3 is 2.58 bits per heavy atom. The van der Waals surface area contributed by atoms with Crippen molar-refractivity contribution in [2.45, 2.75) is 6.61 Å². The number of hydrogen-bond donors (Lipinski definition) is 0. The Balaban J connectivity index is 2.07. The summed E-state index contributed by atoms with van der Waals surface area (Å²) >= 11 is 0. The molecule has 0 radical (unpaired) electrons. The molecule has 0 bridgehead atoms. The van der Waals surface area contributed by atoms with Gasteiger partial charge in [-0.1, -0.05) is 12.1 Å². The molecule has 0 fully saturated rings. The molecule has 98 valence electrons. The molecule has 6 heteroatoms. The lowest BCUT2D eigenvalue weighted by molar-refractivity contribution is -0.384. The molecule has 0 aliphatic heterocycles.